The lowest BCUT2D eigenvalue weighted by atomic mass is 9.99. The summed E-state index contributed by atoms with van der Waals surface area (Å²) in [7, 11) is 0. The number of hydrogen-bond donors (Lipinski definition) is 3. The Morgan fingerprint density at radius 3 is 2.49 bits per heavy atom. The fourth-order valence-corrected chi connectivity index (χ4v) is 4.40. The van der Waals surface area contributed by atoms with Crippen LogP contribution in [-0.4, -0.2) is 24.5 Å². The van der Waals surface area contributed by atoms with Gasteiger partial charge in [0.2, 0.25) is 5.95 Å². The quantitative estimate of drug-likeness (QED) is 0.254. The highest BCUT2D eigenvalue weighted by Gasteiger charge is 2.15. The number of benzene rings is 2. The maximum absolute atomic E-state index is 13.9. The van der Waals surface area contributed by atoms with Gasteiger partial charge in [0.25, 0.3) is 5.56 Å². The number of nitrogens with two attached hydrogens (primary N) is 2. The van der Waals surface area contributed by atoms with Crippen molar-refractivity contribution < 1.29 is 4.39 Å². The van der Waals surface area contributed by atoms with E-state index in [2.05, 4.69) is 19.9 Å². The molecule has 5 N–H and O–H groups in total. The number of nitriles is 1. The van der Waals surface area contributed by atoms with Gasteiger partial charge in [0.1, 0.15) is 28.9 Å². The highest BCUT2D eigenvalue weighted by molar-refractivity contribution is 5.97. The summed E-state index contributed by atoms with van der Waals surface area (Å²) in [4.78, 5) is 28.3. The van der Waals surface area contributed by atoms with Crippen molar-refractivity contribution in [2.24, 2.45) is 0 Å². The topological polar surface area (TPSA) is 152 Å². The van der Waals surface area contributed by atoms with Gasteiger partial charge in [-0.25, -0.2) is 14.4 Å². The maximum atomic E-state index is 13.9. The molecule has 0 saturated heterocycles. The first-order valence-corrected chi connectivity index (χ1v) is 13.0. The molecular formula is C31H29FN8O. The third kappa shape index (κ3) is 5.89. The number of halogens is 1. The molecule has 0 unspecified atom stereocenters. The molecule has 0 aliphatic rings. The molecule has 0 aliphatic heterocycles. The van der Waals surface area contributed by atoms with Crippen molar-refractivity contribution in [3.8, 4) is 22.9 Å². The first-order valence-electron chi connectivity index (χ1n) is 13.0. The molecule has 0 amide bonds. The van der Waals surface area contributed by atoms with Gasteiger partial charge in [-0.1, -0.05) is 45.0 Å². The molecule has 10 heteroatoms. The van der Waals surface area contributed by atoms with Crippen LogP contribution >= 0.6 is 0 Å². The van der Waals surface area contributed by atoms with Crippen molar-refractivity contribution in [2.45, 2.75) is 27.2 Å². The highest BCUT2D eigenvalue weighted by atomic mass is 19.1. The fraction of sp³-hybridized carbons (Fsp3) is 0.129. The van der Waals surface area contributed by atoms with Crippen molar-refractivity contribution in [1.29, 1.82) is 5.26 Å². The second kappa shape index (κ2) is 12.5. The zero-order valence-electron chi connectivity index (χ0n) is 22.9. The monoisotopic (exact) mass is 548 g/mol. The molecule has 206 valence electrons. The van der Waals surface area contributed by atoms with Gasteiger partial charge >= 0.3 is 0 Å². The molecule has 6 aromatic rings. The van der Waals surface area contributed by atoms with Crippen LogP contribution < -0.4 is 17.0 Å². The van der Waals surface area contributed by atoms with E-state index in [1.807, 2.05) is 69.4 Å². The smallest absolute Gasteiger partial charge is 0.263 e. The van der Waals surface area contributed by atoms with Crippen LogP contribution in [0.4, 0.5) is 16.2 Å². The molecule has 0 radical (unpaired) electrons. The molecule has 4 heterocycles. The number of pyridine rings is 2. The predicted molar refractivity (Wildman–Crippen MR) is 161 cm³/mol. The minimum absolute atomic E-state index is 0.0801. The number of nitrogens with one attached hydrogen (secondary N) is 1. The Labute approximate surface area is 235 Å². The second-order valence-electron chi connectivity index (χ2n) is 8.66. The van der Waals surface area contributed by atoms with Gasteiger partial charge in [0.15, 0.2) is 0 Å². The minimum atomic E-state index is -0.369. The van der Waals surface area contributed by atoms with Gasteiger partial charge in [-0.05, 0) is 53.8 Å². The molecule has 0 spiro atoms. The number of nitrogen functional groups attached to an aromatic ring is 2. The van der Waals surface area contributed by atoms with Crippen LogP contribution in [0.25, 0.3) is 38.6 Å². The summed E-state index contributed by atoms with van der Waals surface area (Å²) in [6.45, 7) is 5.99. The van der Waals surface area contributed by atoms with E-state index in [1.54, 1.807) is 22.9 Å². The number of nitrogens with zero attached hydrogens (tertiary/aromatic N) is 5. The first kappa shape index (κ1) is 28.4. The minimum Gasteiger partial charge on any atom is -0.382 e. The van der Waals surface area contributed by atoms with E-state index in [0.29, 0.717) is 17.5 Å². The van der Waals surface area contributed by atoms with E-state index in [-0.39, 0.29) is 28.7 Å². The highest BCUT2D eigenvalue weighted by Crippen LogP contribution is 2.29. The summed E-state index contributed by atoms with van der Waals surface area (Å²) in [6, 6.07) is 19.8. The number of aromatic amines is 1. The Morgan fingerprint density at radius 1 is 1.00 bits per heavy atom. The van der Waals surface area contributed by atoms with Gasteiger partial charge in [0, 0.05) is 29.0 Å². The zero-order valence-corrected chi connectivity index (χ0v) is 22.9. The van der Waals surface area contributed by atoms with Crippen LogP contribution in [0.2, 0.25) is 0 Å². The Kier molecular flexibility index (Phi) is 8.69. The number of fused-ring (bicyclic) bond motifs is 2. The van der Waals surface area contributed by atoms with Gasteiger partial charge in [-0.3, -0.25) is 9.36 Å². The predicted octanol–water partition coefficient (Wildman–Crippen LogP) is 5.77. The molecular weight excluding hydrogens is 519 g/mol. The second-order valence-corrected chi connectivity index (χ2v) is 8.66. The average molecular weight is 549 g/mol. The standard InChI is InChI=1S/C24H18FN3O.C5H5N5.C2H6/c1-2-19-12-15-5-3-8-21(17-11-16-9-10-26-23(16)27-14-17)22(15)24(29)28(19)20-7-4-6-18(25)13-20;6-1-3-2-9-5(8)10-4(3)7;1-2/h3-14H,2H2,1H3,(H,26,27);2H,(H4,7,8,9,10);1-2H3. The molecule has 41 heavy (non-hydrogen) atoms. The SMILES string of the molecule is CC.CCc1cc2cccc(-c3cnc4[nH]ccc4c3)c2c(=O)n1-c1cccc(F)c1.N#Cc1cnc(N)nc1N. The lowest BCUT2D eigenvalue weighted by Crippen LogP contribution is -2.22. The lowest BCUT2D eigenvalue weighted by molar-refractivity contribution is 0.626. The van der Waals surface area contributed by atoms with Crippen LogP contribution in [0.15, 0.2) is 84.0 Å². The molecule has 0 atom stereocenters. The Bertz CT molecular complexity index is 1940. The Balaban J connectivity index is 0.000000273. The van der Waals surface area contributed by atoms with Crippen molar-refractivity contribution in [2.75, 3.05) is 11.5 Å². The number of hydrogen-bond acceptors (Lipinski definition) is 7. The molecule has 0 fully saturated rings. The van der Waals surface area contributed by atoms with E-state index < -0.39 is 0 Å². The summed E-state index contributed by atoms with van der Waals surface area (Å²) in [5.74, 6) is -0.168. The molecule has 0 aliphatic carbocycles. The maximum Gasteiger partial charge on any atom is 0.263 e. The van der Waals surface area contributed by atoms with Gasteiger partial charge < -0.3 is 16.5 Å². The van der Waals surface area contributed by atoms with E-state index in [9.17, 15) is 9.18 Å². The van der Waals surface area contributed by atoms with Crippen LogP contribution in [-0.2, 0) is 6.42 Å². The van der Waals surface area contributed by atoms with E-state index in [0.717, 1.165) is 33.2 Å². The van der Waals surface area contributed by atoms with Crippen molar-refractivity contribution in [1.82, 2.24) is 24.5 Å². The molecule has 4 aromatic heterocycles. The number of anilines is 2. The van der Waals surface area contributed by atoms with Crippen LogP contribution in [0, 0.1) is 17.1 Å². The molecule has 2 aromatic carbocycles. The van der Waals surface area contributed by atoms with Gasteiger partial charge in [0.05, 0.1) is 17.3 Å². The third-order valence-corrected chi connectivity index (χ3v) is 6.22. The van der Waals surface area contributed by atoms with Crippen molar-refractivity contribution >= 4 is 33.6 Å². The largest absolute Gasteiger partial charge is 0.382 e. The van der Waals surface area contributed by atoms with Crippen molar-refractivity contribution in [3.05, 3.63) is 107 Å². The summed E-state index contributed by atoms with van der Waals surface area (Å²) in [6.07, 6.45) is 5.56. The van der Waals surface area contributed by atoms with E-state index >= 15 is 0 Å². The summed E-state index contributed by atoms with van der Waals surface area (Å²) in [5, 5.41) is 10.8. The van der Waals surface area contributed by atoms with Gasteiger partial charge in [-0.2, -0.15) is 10.2 Å². The third-order valence-electron chi connectivity index (χ3n) is 6.22. The number of rotatable bonds is 3. The normalized spacial score (nSPS) is 10.3. The number of H-pyrrole nitrogens is 1. The van der Waals surface area contributed by atoms with E-state index in [4.69, 9.17) is 16.7 Å². The number of aryl methyl sites for hydroxylation is 1. The fourth-order valence-electron chi connectivity index (χ4n) is 4.40. The summed E-state index contributed by atoms with van der Waals surface area (Å²) >= 11 is 0. The summed E-state index contributed by atoms with van der Waals surface area (Å²) in [5.41, 5.74) is 14.4. The van der Waals surface area contributed by atoms with Gasteiger partial charge in [-0.15, -0.1) is 0 Å². The molecule has 6 rings (SSSR count). The zero-order chi connectivity index (χ0) is 29.5. The number of aromatic nitrogens is 5. The van der Waals surface area contributed by atoms with Crippen LogP contribution in [0.3, 0.4) is 0 Å². The van der Waals surface area contributed by atoms with E-state index in [1.165, 1.54) is 18.3 Å². The Morgan fingerprint density at radius 2 is 1.78 bits per heavy atom. The Hall–Kier alpha value is -5.56. The molecule has 9 nitrogen and oxygen atoms in total. The molecule has 0 saturated carbocycles. The van der Waals surface area contributed by atoms with Crippen LogP contribution in [0.5, 0.6) is 0 Å². The summed E-state index contributed by atoms with van der Waals surface area (Å²) < 4.78 is 15.5. The average Bonchev–Trinajstić information content (AvgIpc) is 3.46. The van der Waals surface area contributed by atoms with Crippen LogP contribution in [0.1, 0.15) is 32.0 Å². The lowest BCUT2D eigenvalue weighted by Gasteiger charge is -2.15. The first-order chi connectivity index (χ1) is 19.9. The van der Waals surface area contributed by atoms with Crippen molar-refractivity contribution in [3.63, 3.8) is 0 Å². The molecule has 0 bridgehead atoms.